The average Bonchev–Trinajstić information content (AvgIpc) is 2.03. The molecule has 0 aliphatic heterocycles. The summed E-state index contributed by atoms with van der Waals surface area (Å²) >= 11 is 0. The summed E-state index contributed by atoms with van der Waals surface area (Å²) in [5.41, 5.74) is 0. The molecule has 0 heterocycles. The van der Waals surface area contributed by atoms with Crippen LogP contribution in [0, 0.1) is 5.92 Å². The molecule has 3 nitrogen and oxygen atoms in total. The van der Waals surface area contributed by atoms with Crippen molar-refractivity contribution in [3.8, 4) is 0 Å². The molecule has 70 valence electrons. The fourth-order valence-corrected chi connectivity index (χ4v) is 0.996. The van der Waals surface area contributed by atoms with Crippen molar-refractivity contribution < 1.29 is 9.59 Å². The van der Waals surface area contributed by atoms with E-state index in [4.69, 9.17) is 0 Å². The Morgan fingerprint density at radius 3 is 2.42 bits per heavy atom. The van der Waals surface area contributed by atoms with Gasteiger partial charge in [0, 0.05) is 26.4 Å². The summed E-state index contributed by atoms with van der Waals surface area (Å²) in [5.74, 6) is -0.0644. The Morgan fingerprint density at radius 1 is 1.50 bits per heavy atom. The van der Waals surface area contributed by atoms with Gasteiger partial charge in [-0.05, 0) is 6.42 Å². The molecule has 0 spiro atoms. The molecule has 1 unspecified atom stereocenters. The van der Waals surface area contributed by atoms with Gasteiger partial charge in [-0.2, -0.15) is 0 Å². The van der Waals surface area contributed by atoms with E-state index < -0.39 is 0 Å². The zero-order chi connectivity index (χ0) is 9.56. The second-order valence-corrected chi connectivity index (χ2v) is 3.18. The molecule has 0 saturated heterocycles. The Kier molecular flexibility index (Phi) is 5.34. The van der Waals surface area contributed by atoms with Gasteiger partial charge in [-0.15, -0.1) is 0 Å². The molecule has 0 aliphatic rings. The van der Waals surface area contributed by atoms with Gasteiger partial charge in [0.1, 0.15) is 6.29 Å². The first-order valence-corrected chi connectivity index (χ1v) is 4.27. The van der Waals surface area contributed by atoms with E-state index in [0.29, 0.717) is 6.42 Å². The van der Waals surface area contributed by atoms with Gasteiger partial charge in [-0.3, -0.25) is 4.79 Å². The lowest BCUT2D eigenvalue weighted by Crippen LogP contribution is -2.24. The van der Waals surface area contributed by atoms with Gasteiger partial charge >= 0.3 is 0 Å². The molecule has 0 aromatic rings. The standard InChI is InChI=1S/C9H17NO2/c1-4-5-8(7-11)6-9(12)10(2)3/h7-8H,4-6H2,1-3H3. The van der Waals surface area contributed by atoms with E-state index in [1.54, 1.807) is 14.1 Å². The van der Waals surface area contributed by atoms with Gasteiger partial charge in [0.15, 0.2) is 0 Å². The van der Waals surface area contributed by atoms with Crippen LogP contribution in [0.25, 0.3) is 0 Å². The van der Waals surface area contributed by atoms with Crippen LogP contribution in [-0.2, 0) is 9.59 Å². The number of hydrogen-bond donors (Lipinski definition) is 0. The van der Waals surface area contributed by atoms with Crippen molar-refractivity contribution in [1.82, 2.24) is 4.90 Å². The zero-order valence-corrected chi connectivity index (χ0v) is 8.04. The maximum Gasteiger partial charge on any atom is 0.222 e. The number of carbonyl (C=O) groups is 2. The summed E-state index contributed by atoms with van der Waals surface area (Å²) in [4.78, 5) is 23.2. The lowest BCUT2D eigenvalue weighted by molar-refractivity contribution is -0.131. The second-order valence-electron chi connectivity index (χ2n) is 3.18. The van der Waals surface area contributed by atoms with E-state index >= 15 is 0 Å². The predicted molar refractivity (Wildman–Crippen MR) is 47.8 cm³/mol. The fraction of sp³-hybridized carbons (Fsp3) is 0.778. The number of nitrogens with zero attached hydrogens (tertiary/aromatic N) is 1. The first-order valence-electron chi connectivity index (χ1n) is 4.27. The van der Waals surface area contributed by atoms with Crippen molar-refractivity contribution in [2.45, 2.75) is 26.2 Å². The van der Waals surface area contributed by atoms with Crippen LogP contribution < -0.4 is 0 Å². The highest BCUT2D eigenvalue weighted by Gasteiger charge is 2.12. The van der Waals surface area contributed by atoms with Crippen LogP contribution in [0.15, 0.2) is 0 Å². The Hall–Kier alpha value is -0.860. The number of amides is 1. The zero-order valence-electron chi connectivity index (χ0n) is 8.04. The molecular weight excluding hydrogens is 154 g/mol. The molecule has 0 aliphatic carbocycles. The van der Waals surface area contributed by atoms with Gasteiger partial charge in [0.05, 0.1) is 0 Å². The fourth-order valence-electron chi connectivity index (χ4n) is 0.996. The van der Waals surface area contributed by atoms with E-state index in [2.05, 4.69) is 0 Å². The number of carbonyl (C=O) groups excluding carboxylic acids is 2. The quantitative estimate of drug-likeness (QED) is 0.580. The lowest BCUT2D eigenvalue weighted by Gasteiger charge is -2.13. The highest BCUT2D eigenvalue weighted by Crippen LogP contribution is 2.08. The van der Waals surface area contributed by atoms with Gasteiger partial charge < -0.3 is 9.69 Å². The molecule has 0 rings (SSSR count). The molecule has 0 saturated carbocycles. The molecule has 0 radical (unpaired) electrons. The smallest absolute Gasteiger partial charge is 0.222 e. The van der Waals surface area contributed by atoms with Crippen molar-refractivity contribution in [1.29, 1.82) is 0 Å². The van der Waals surface area contributed by atoms with Crippen LogP contribution >= 0.6 is 0 Å². The van der Waals surface area contributed by atoms with E-state index in [9.17, 15) is 9.59 Å². The Bertz CT molecular complexity index is 155. The summed E-state index contributed by atoms with van der Waals surface area (Å²) < 4.78 is 0. The van der Waals surface area contributed by atoms with Crippen LogP contribution in [0.1, 0.15) is 26.2 Å². The Morgan fingerprint density at radius 2 is 2.08 bits per heavy atom. The van der Waals surface area contributed by atoms with Crippen molar-refractivity contribution in [2.24, 2.45) is 5.92 Å². The SMILES string of the molecule is CCCC(C=O)CC(=O)N(C)C. The van der Waals surface area contributed by atoms with Crippen LogP contribution in [0.5, 0.6) is 0 Å². The third-order valence-electron chi connectivity index (χ3n) is 1.79. The molecule has 0 aromatic carbocycles. The molecule has 0 N–H and O–H groups in total. The van der Waals surface area contributed by atoms with Crippen molar-refractivity contribution in [2.75, 3.05) is 14.1 Å². The van der Waals surface area contributed by atoms with Crippen LogP contribution in [0.3, 0.4) is 0 Å². The van der Waals surface area contributed by atoms with Crippen LogP contribution in [0.2, 0.25) is 0 Å². The lowest BCUT2D eigenvalue weighted by atomic mass is 10.0. The molecule has 1 atom stereocenters. The molecule has 0 fully saturated rings. The monoisotopic (exact) mass is 171 g/mol. The Balaban J connectivity index is 3.85. The Labute approximate surface area is 73.7 Å². The first kappa shape index (κ1) is 11.1. The van der Waals surface area contributed by atoms with Crippen molar-refractivity contribution >= 4 is 12.2 Å². The minimum Gasteiger partial charge on any atom is -0.349 e. The number of rotatable bonds is 5. The minimum atomic E-state index is -0.0927. The van der Waals surface area contributed by atoms with Gasteiger partial charge in [0.25, 0.3) is 0 Å². The third kappa shape index (κ3) is 4.11. The van der Waals surface area contributed by atoms with Gasteiger partial charge in [-0.1, -0.05) is 13.3 Å². The topological polar surface area (TPSA) is 37.4 Å². The maximum atomic E-state index is 11.2. The number of aldehydes is 1. The summed E-state index contributed by atoms with van der Waals surface area (Å²) in [6.45, 7) is 2.01. The molecule has 1 amide bonds. The molecule has 0 bridgehead atoms. The summed E-state index contributed by atoms with van der Waals surface area (Å²) in [6, 6.07) is 0. The molecule has 3 heteroatoms. The normalized spacial score (nSPS) is 12.2. The van der Waals surface area contributed by atoms with Gasteiger partial charge in [0.2, 0.25) is 5.91 Å². The number of hydrogen-bond acceptors (Lipinski definition) is 2. The molecule has 12 heavy (non-hydrogen) atoms. The van der Waals surface area contributed by atoms with Gasteiger partial charge in [-0.25, -0.2) is 0 Å². The minimum absolute atomic E-state index is 0.0283. The van der Waals surface area contributed by atoms with E-state index in [0.717, 1.165) is 19.1 Å². The molecular formula is C9H17NO2. The van der Waals surface area contributed by atoms with E-state index in [1.807, 2.05) is 6.92 Å². The summed E-state index contributed by atoms with van der Waals surface area (Å²) in [7, 11) is 3.41. The molecule has 0 aromatic heterocycles. The van der Waals surface area contributed by atoms with Crippen LogP contribution in [-0.4, -0.2) is 31.2 Å². The summed E-state index contributed by atoms with van der Waals surface area (Å²) in [5, 5.41) is 0. The van der Waals surface area contributed by atoms with E-state index in [-0.39, 0.29) is 11.8 Å². The van der Waals surface area contributed by atoms with Crippen molar-refractivity contribution in [3.05, 3.63) is 0 Å². The average molecular weight is 171 g/mol. The summed E-state index contributed by atoms with van der Waals surface area (Å²) in [6.07, 6.45) is 2.99. The third-order valence-corrected chi connectivity index (χ3v) is 1.79. The maximum absolute atomic E-state index is 11.2. The van der Waals surface area contributed by atoms with Crippen LogP contribution in [0.4, 0.5) is 0 Å². The van der Waals surface area contributed by atoms with E-state index in [1.165, 1.54) is 4.90 Å². The second kappa shape index (κ2) is 5.75. The first-order chi connectivity index (χ1) is 5.61. The largest absolute Gasteiger partial charge is 0.349 e. The highest BCUT2D eigenvalue weighted by molar-refractivity contribution is 5.78. The highest BCUT2D eigenvalue weighted by atomic mass is 16.2. The van der Waals surface area contributed by atoms with Crippen molar-refractivity contribution in [3.63, 3.8) is 0 Å². The predicted octanol–water partition coefficient (Wildman–Crippen LogP) is 1.08.